The number of halogens is 5. The molecule has 0 unspecified atom stereocenters. The summed E-state index contributed by atoms with van der Waals surface area (Å²) in [5, 5.41) is 0. The van der Waals surface area contributed by atoms with Crippen LogP contribution in [0.3, 0.4) is 0 Å². The topological polar surface area (TPSA) is 0 Å². The maximum Gasteiger partial charge on any atom is 4.00 e. The van der Waals surface area contributed by atoms with E-state index in [-0.39, 0.29) is 49.4 Å². The first-order valence-corrected chi connectivity index (χ1v) is 0. The van der Waals surface area contributed by atoms with Crippen LogP contribution in [0.15, 0.2) is 0 Å². The normalized spacial score (nSPS) is 0. The van der Waals surface area contributed by atoms with E-state index < -0.39 is 0 Å². The Labute approximate surface area is 49.9 Å². The molecule has 0 spiro atoms. The molecule has 6 heavy (non-hydrogen) atoms. The van der Waals surface area contributed by atoms with E-state index in [0.29, 0.717) is 0 Å². The fraction of sp³-hybridized carbons (Fsp3) is 0. The molecular weight excluding hydrogens is 273 g/mol. The zero-order chi connectivity index (χ0) is 0. The summed E-state index contributed by atoms with van der Waals surface area (Å²) in [6, 6.07) is 0. The van der Waals surface area contributed by atoms with Crippen molar-refractivity contribution in [3.8, 4) is 0 Å². The summed E-state index contributed by atoms with van der Waals surface area (Å²) in [7, 11) is 0. The molecule has 0 aliphatic heterocycles. The van der Waals surface area contributed by atoms with E-state index in [2.05, 4.69) is 0 Å². The first-order chi connectivity index (χ1) is 0. The van der Waals surface area contributed by atoms with Crippen molar-refractivity contribution in [2.24, 2.45) is 0 Å². The monoisotopic (exact) mass is 275 g/mol. The van der Waals surface area contributed by atoms with E-state index in [9.17, 15) is 0 Å². The molecule has 0 aliphatic carbocycles. The summed E-state index contributed by atoms with van der Waals surface area (Å²) in [6.45, 7) is 0. The van der Waals surface area contributed by atoms with Gasteiger partial charge in [0.25, 0.3) is 0 Å². The van der Waals surface area contributed by atoms with Gasteiger partial charge in [0.15, 0.2) is 0 Å². The van der Waals surface area contributed by atoms with Gasteiger partial charge in [0.2, 0.25) is 0 Å². The standard InChI is InChI=1S/5FH.Hf/h5*1H;/q;;;;;+4/p-5. The van der Waals surface area contributed by atoms with E-state index >= 15 is 0 Å². The molecule has 0 saturated carbocycles. The number of rotatable bonds is 0. The third-order valence-corrected chi connectivity index (χ3v) is 0. The maximum absolute atomic E-state index is 0. The van der Waals surface area contributed by atoms with Crippen molar-refractivity contribution in [2.45, 2.75) is 0 Å². The largest absolute Gasteiger partial charge is 4.00 e. The van der Waals surface area contributed by atoms with Crippen LogP contribution in [-0.4, -0.2) is 0 Å². The van der Waals surface area contributed by atoms with Crippen LogP contribution in [0.5, 0.6) is 0 Å². The molecule has 40 valence electrons. The molecule has 0 nitrogen and oxygen atoms in total. The van der Waals surface area contributed by atoms with Gasteiger partial charge in [-0.25, -0.2) is 0 Å². The minimum Gasteiger partial charge on any atom is -1.00 e. The minimum atomic E-state index is 0. The summed E-state index contributed by atoms with van der Waals surface area (Å²) >= 11 is 0. The van der Waals surface area contributed by atoms with Crippen LogP contribution >= 0.6 is 0 Å². The Balaban J connectivity index is 0. The van der Waals surface area contributed by atoms with Crippen LogP contribution in [-0.2, 0) is 25.8 Å². The molecule has 6 heteroatoms. The second kappa shape index (κ2) is 417. The average molecular weight is 273 g/mol. The van der Waals surface area contributed by atoms with Crippen molar-refractivity contribution in [2.75, 3.05) is 0 Å². The maximum atomic E-state index is 0. The Morgan fingerprint density at radius 2 is 0.333 bits per heavy atom. The van der Waals surface area contributed by atoms with Crippen LogP contribution in [0, 0.1) is 0 Å². The van der Waals surface area contributed by atoms with Crippen LogP contribution in [0.1, 0.15) is 0 Å². The molecule has 0 aromatic rings. The first kappa shape index (κ1) is 734. The van der Waals surface area contributed by atoms with E-state index in [1.807, 2.05) is 0 Å². The minimum absolute atomic E-state index is 0. The third kappa shape index (κ3) is 207. The van der Waals surface area contributed by atoms with Gasteiger partial charge in [-0.2, -0.15) is 0 Å². The van der Waals surface area contributed by atoms with Gasteiger partial charge in [-0.05, 0) is 0 Å². The van der Waals surface area contributed by atoms with E-state index in [1.165, 1.54) is 0 Å². The summed E-state index contributed by atoms with van der Waals surface area (Å²) in [5.74, 6) is 0. The third-order valence-electron chi connectivity index (χ3n) is 0. The molecule has 0 fully saturated rings. The fourth-order valence-corrected chi connectivity index (χ4v) is 0. The zero-order valence-corrected chi connectivity index (χ0v) is 5.98. The predicted octanol–water partition coefficient (Wildman–Crippen LogP) is -15.0. The molecule has 0 aromatic heterocycles. The van der Waals surface area contributed by atoms with E-state index in [4.69, 9.17) is 0 Å². The van der Waals surface area contributed by atoms with Crippen molar-refractivity contribution in [3.05, 3.63) is 0 Å². The van der Waals surface area contributed by atoms with Crippen LogP contribution in [0.2, 0.25) is 0 Å². The molecular formula is F5Hf-. The van der Waals surface area contributed by atoms with Gasteiger partial charge in [0.1, 0.15) is 0 Å². The van der Waals surface area contributed by atoms with Crippen LogP contribution in [0.25, 0.3) is 0 Å². The van der Waals surface area contributed by atoms with Gasteiger partial charge in [0, 0.05) is 0 Å². The summed E-state index contributed by atoms with van der Waals surface area (Å²) in [5.41, 5.74) is 0. The van der Waals surface area contributed by atoms with E-state index in [0.717, 1.165) is 0 Å². The van der Waals surface area contributed by atoms with Crippen LogP contribution < -0.4 is 23.5 Å². The van der Waals surface area contributed by atoms with Crippen molar-refractivity contribution < 1.29 is 49.4 Å². The Morgan fingerprint density at radius 3 is 0.333 bits per heavy atom. The molecule has 0 saturated heterocycles. The summed E-state index contributed by atoms with van der Waals surface area (Å²) < 4.78 is 0. The molecule has 0 amide bonds. The van der Waals surface area contributed by atoms with Gasteiger partial charge in [-0.3, -0.25) is 0 Å². The molecule has 0 heterocycles. The molecule has 0 atom stereocenters. The number of hydrogen-bond donors (Lipinski definition) is 0. The summed E-state index contributed by atoms with van der Waals surface area (Å²) in [4.78, 5) is 0. The fourth-order valence-electron chi connectivity index (χ4n) is 0. The predicted molar refractivity (Wildman–Crippen MR) is 0 cm³/mol. The Kier molecular flexibility index (Phi) is 51000. The first-order valence-electron chi connectivity index (χ1n) is 0. The van der Waals surface area contributed by atoms with E-state index in [1.54, 1.807) is 0 Å². The second-order valence-electron chi connectivity index (χ2n) is 0. The second-order valence-corrected chi connectivity index (χ2v) is 0. The van der Waals surface area contributed by atoms with Gasteiger partial charge in [-0.1, -0.05) is 0 Å². The van der Waals surface area contributed by atoms with Crippen molar-refractivity contribution in [1.29, 1.82) is 0 Å². The van der Waals surface area contributed by atoms with Crippen LogP contribution in [0.4, 0.5) is 0 Å². The van der Waals surface area contributed by atoms with Crippen molar-refractivity contribution in [1.82, 2.24) is 0 Å². The Morgan fingerprint density at radius 1 is 0.333 bits per heavy atom. The van der Waals surface area contributed by atoms with Gasteiger partial charge in [0.05, 0.1) is 0 Å². The average Bonchev–Trinajstić information content (AvgIpc) is 0. The smallest absolute Gasteiger partial charge is 1.00 e. The SMILES string of the molecule is [F-].[F-].[F-].[F-].[F-].[Hf+4]. The van der Waals surface area contributed by atoms with Crippen molar-refractivity contribution >= 4 is 0 Å². The Bertz CT molecular complexity index is 3.90. The quantitative estimate of drug-likeness (QED) is 0.304. The molecule has 0 bridgehead atoms. The Hall–Kier alpha value is 0.520. The zero-order valence-electron chi connectivity index (χ0n) is 2.39. The molecule has 0 N–H and O–H groups in total. The van der Waals surface area contributed by atoms with Gasteiger partial charge >= 0.3 is 25.8 Å². The molecule has 0 aromatic carbocycles. The van der Waals surface area contributed by atoms with Gasteiger partial charge in [-0.15, -0.1) is 0 Å². The molecule has 0 rings (SSSR count). The molecule has 0 radical (unpaired) electrons. The van der Waals surface area contributed by atoms with Crippen molar-refractivity contribution in [3.63, 3.8) is 0 Å². The molecule has 0 aliphatic rings. The summed E-state index contributed by atoms with van der Waals surface area (Å²) in [6.07, 6.45) is 0. The number of hydrogen-bond acceptors (Lipinski definition) is 0. The van der Waals surface area contributed by atoms with Gasteiger partial charge < -0.3 is 23.5 Å².